The molecule has 1 aromatic rings. The fourth-order valence-electron chi connectivity index (χ4n) is 1.95. The molecule has 2 heterocycles. The van der Waals surface area contributed by atoms with E-state index in [0.29, 0.717) is 13.1 Å². The Morgan fingerprint density at radius 3 is 3.00 bits per heavy atom. The van der Waals surface area contributed by atoms with Crippen LogP contribution in [0.2, 0.25) is 0 Å². The maximum absolute atomic E-state index is 9.81. The van der Waals surface area contributed by atoms with Crippen molar-refractivity contribution < 1.29 is 5.11 Å². The lowest BCUT2D eigenvalue weighted by atomic mass is 10.2. The van der Waals surface area contributed by atoms with E-state index in [1.165, 1.54) is 0 Å². The van der Waals surface area contributed by atoms with Crippen molar-refractivity contribution in [2.24, 2.45) is 5.73 Å². The Bertz CT molecular complexity index is 274. The maximum Gasteiger partial charge on any atom is 0.0917 e. The zero-order chi connectivity index (χ0) is 9.97. The number of aliphatic hydroxyl groups excluding tert-OH is 1. The molecular weight excluding hydrogens is 180 g/mol. The Kier molecular flexibility index (Phi) is 2.81. The average Bonchev–Trinajstić information content (AvgIpc) is 2.74. The van der Waals surface area contributed by atoms with Crippen LogP contribution in [-0.4, -0.2) is 52.1 Å². The van der Waals surface area contributed by atoms with Gasteiger partial charge in [-0.15, -0.1) is 0 Å². The van der Waals surface area contributed by atoms with E-state index in [4.69, 9.17) is 5.73 Å². The molecule has 0 aliphatic carbocycles. The highest BCUT2D eigenvalue weighted by Gasteiger charge is 2.32. The van der Waals surface area contributed by atoms with Crippen molar-refractivity contribution in [3.05, 3.63) is 18.5 Å². The van der Waals surface area contributed by atoms with Crippen LogP contribution in [0.4, 0.5) is 0 Å². The SMILES string of the molecule is NCCN1C[C@@H](n2cccn2)[C@@H](O)C1. The predicted molar refractivity (Wildman–Crippen MR) is 52.8 cm³/mol. The molecule has 0 amide bonds. The molecule has 1 saturated heterocycles. The number of β-amino-alcohol motifs (C(OH)–C–C–N with tert-alkyl or cyclic N) is 1. The van der Waals surface area contributed by atoms with Crippen LogP contribution >= 0.6 is 0 Å². The van der Waals surface area contributed by atoms with Gasteiger partial charge in [-0.2, -0.15) is 5.10 Å². The van der Waals surface area contributed by atoms with Crippen molar-refractivity contribution in [1.29, 1.82) is 0 Å². The third-order valence-electron chi connectivity index (χ3n) is 2.64. The highest BCUT2D eigenvalue weighted by molar-refractivity contribution is 4.91. The highest BCUT2D eigenvalue weighted by atomic mass is 16.3. The summed E-state index contributed by atoms with van der Waals surface area (Å²) >= 11 is 0. The Morgan fingerprint density at radius 1 is 1.50 bits per heavy atom. The molecule has 0 radical (unpaired) electrons. The molecule has 1 aliphatic rings. The van der Waals surface area contributed by atoms with Crippen LogP contribution in [0, 0.1) is 0 Å². The number of likely N-dealkylation sites (tertiary alicyclic amines) is 1. The van der Waals surface area contributed by atoms with Gasteiger partial charge in [-0.25, -0.2) is 0 Å². The van der Waals surface area contributed by atoms with Gasteiger partial charge < -0.3 is 10.8 Å². The van der Waals surface area contributed by atoms with Crippen LogP contribution in [0.25, 0.3) is 0 Å². The molecule has 0 saturated carbocycles. The monoisotopic (exact) mass is 196 g/mol. The van der Waals surface area contributed by atoms with Gasteiger partial charge in [0, 0.05) is 38.6 Å². The van der Waals surface area contributed by atoms with E-state index >= 15 is 0 Å². The van der Waals surface area contributed by atoms with Gasteiger partial charge in [0.1, 0.15) is 0 Å². The molecule has 0 bridgehead atoms. The van der Waals surface area contributed by atoms with Crippen LogP contribution in [0.3, 0.4) is 0 Å². The third-order valence-corrected chi connectivity index (χ3v) is 2.64. The van der Waals surface area contributed by atoms with Crippen molar-refractivity contribution in [3.63, 3.8) is 0 Å². The summed E-state index contributed by atoms with van der Waals surface area (Å²) in [5.41, 5.74) is 5.47. The molecule has 5 nitrogen and oxygen atoms in total. The summed E-state index contributed by atoms with van der Waals surface area (Å²) in [6, 6.07) is 1.95. The summed E-state index contributed by atoms with van der Waals surface area (Å²) in [6.45, 7) is 3.01. The van der Waals surface area contributed by atoms with Crippen LogP contribution in [-0.2, 0) is 0 Å². The average molecular weight is 196 g/mol. The predicted octanol–water partition coefficient (Wildman–Crippen LogP) is -0.941. The van der Waals surface area contributed by atoms with E-state index in [-0.39, 0.29) is 12.1 Å². The summed E-state index contributed by atoms with van der Waals surface area (Å²) in [5, 5.41) is 14.0. The summed E-state index contributed by atoms with van der Waals surface area (Å²) in [6.07, 6.45) is 3.29. The molecule has 1 aromatic heterocycles. The minimum atomic E-state index is -0.332. The summed E-state index contributed by atoms with van der Waals surface area (Å²) < 4.78 is 1.82. The van der Waals surface area contributed by atoms with E-state index in [9.17, 15) is 5.11 Å². The van der Waals surface area contributed by atoms with Gasteiger partial charge in [0.25, 0.3) is 0 Å². The Morgan fingerprint density at radius 2 is 2.36 bits per heavy atom. The molecule has 2 atom stereocenters. The lowest BCUT2D eigenvalue weighted by molar-refractivity contribution is 0.139. The Balaban J connectivity index is 2.01. The number of nitrogens with zero attached hydrogens (tertiary/aromatic N) is 3. The fourth-order valence-corrected chi connectivity index (χ4v) is 1.95. The molecule has 2 rings (SSSR count). The van der Waals surface area contributed by atoms with Gasteiger partial charge in [0.15, 0.2) is 0 Å². The van der Waals surface area contributed by atoms with Crippen molar-refractivity contribution in [2.45, 2.75) is 12.1 Å². The number of hydrogen-bond acceptors (Lipinski definition) is 4. The first-order valence-corrected chi connectivity index (χ1v) is 4.91. The summed E-state index contributed by atoms with van der Waals surface area (Å²) in [4.78, 5) is 2.16. The Labute approximate surface area is 83.1 Å². The van der Waals surface area contributed by atoms with Gasteiger partial charge in [0.2, 0.25) is 0 Å². The lowest BCUT2D eigenvalue weighted by Crippen LogP contribution is -2.28. The number of nitrogens with two attached hydrogens (primary N) is 1. The van der Waals surface area contributed by atoms with Crippen molar-refractivity contribution in [3.8, 4) is 0 Å². The zero-order valence-corrected chi connectivity index (χ0v) is 8.08. The number of aromatic nitrogens is 2. The minimum absolute atomic E-state index is 0.0801. The van der Waals surface area contributed by atoms with Gasteiger partial charge >= 0.3 is 0 Å². The van der Waals surface area contributed by atoms with E-state index in [0.717, 1.165) is 13.1 Å². The lowest BCUT2D eigenvalue weighted by Gasteiger charge is -2.14. The smallest absolute Gasteiger partial charge is 0.0917 e. The van der Waals surface area contributed by atoms with E-state index in [2.05, 4.69) is 10.00 Å². The van der Waals surface area contributed by atoms with Gasteiger partial charge in [0.05, 0.1) is 12.1 Å². The van der Waals surface area contributed by atoms with Crippen molar-refractivity contribution in [2.75, 3.05) is 26.2 Å². The number of hydrogen-bond donors (Lipinski definition) is 2. The topological polar surface area (TPSA) is 67.3 Å². The molecule has 0 unspecified atom stereocenters. The fraction of sp³-hybridized carbons (Fsp3) is 0.667. The second-order valence-electron chi connectivity index (χ2n) is 3.67. The standard InChI is InChI=1S/C9H16N4O/c10-2-5-12-6-8(9(14)7-12)13-4-1-3-11-13/h1,3-4,8-9,14H,2,5-7,10H2/t8-,9+/m1/s1. The second kappa shape index (κ2) is 4.08. The highest BCUT2D eigenvalue weighted by Crippen LogP contribution is 2.20. The number of rotatable bonds is 3. The summed E-state index contributed by atoms with van der Waals surface area (Å²) in [7, 11) is 0. The van der Waals surface area contributed by atoms with Gasteiger partial charge in [-0.05, 0) is 6.07 Å². The molecular formula is C9H16N4O. The first kappa shape index (κ1) is 9.64. The molecule has 1 fully saturated rings. The molecule has 3 N–H and O–H groups in total. The molecule has 1 aliphatic heterocycles. The van der Waals surface area contributed by atoms with Crippen LogP contribution < -0.4 is 5.73 Å². The molecule has 0 spiro atoms. The van der Waals surface area contributed by atoms with E-state index < -0.39 is 0 Å². The van der Waals surface area contributed by atoms with Crippen molar-refractivity contribution in [1.82, 2.24) is 14.7 Å². The van der Waals surface area contributed by atoms with Crippen LogP contribution in [0.15, 0.2) is 18.5 Å². The zero-order valence-electron chi connectivity index (χ0n) is 8.08. The third kappa shape index (κ3) is 1.79. The molecule has 0 aromatic carbocycles. The largest absolute Gasteiger partial charge is 0.390 e. The second-order valence-corrected chi connectivity index (χ2v) is 3.67. The first-order chi connectivity index (χ1) is 6.81. The van der Waals surface area contributed by atoms with Crippen LogP contribution in [0.1, 0.15) is 6.04 Å². The number of aliphatic hydroxyl groups is 1. The normalized spacial score (nSPS) is 28.4. The van der Waals surface area contributed by atoms with Gasteiger partial charge in [-0.1, -0.05) is 0 Å². The van der Waals surface area contributed by atoms with E-state index in [1.807, 2.05) is 16.9 Å². The minimum Gasteiger partial charge on any atom is -0.390 e. The van der Waals surface area contributed by atoms with Gasteiger partial charge in [-0.3, -0.25) is 9.58 Å². The van der Waals surface area contributed by atoms with Crippen molar-refractivity contribution >= 4 is 0 Å². The molecule has 78 valence electrons. The van der Waals surface area contributed by atoms with Crippen LogP contribution in [0.5, 0.6) is 0 Å². The molecule has 5 heteroatoms. The Hall–Kier alpha value is -0.910. The quantitative estimate of drug-likeness (QED) is 0.654. The maximum atomic E-state index is 9.81. The van der Waals surface area contributed by atoms with E-state index in [1.54, 1.807) is 6.20 Å². The molecule has 14 heavy (non-hydrogen) atoms. The summed E-state index contributed by atoms with van der Waals surface area (Å²) in [5.74, 6) is 0. The first-order valence-electron chi connectivity index (χ1n) is 4.91.